The van der Waals surface area contributed by atoms with Crippen LogP contribution < -0.4 is 5.32 Å². The standard InChI is InChI=1S/C20H15FN4O/c21-14-10-12-15(13-11-14)22-20-24-23-19(17-8-4-5-9-18(17)26)25(20)16-6-2-1-3-7-16/h1-13,26H,(H,22,24). The van der Waals surface area contributed by atoms with Crippen molar-refractivity contribution in [2.45, 2.75) is 0 Å². The van der Waals surface area contributed by atoms with E-state index in [1.807, 2.05) is 36.4 Å². The highest BCUT2D eigenvalue weighted by atomic mass is 19.1. The fourth-order valence-corrected chi connectivity index (χ4v) is 2.69. The first-order valence-electron chi connectivity index (χ1n) is 8.04. The van der Waals surface area contributed by atoms with Crippen LogP contribution in [0.4, 0.5) is 16.0 Å². The van der Waals surface area contributed by atoms with Crippen LogP contribution in [0.5, 0.6) is 5.75 Å². The summed E-state index contributed by atoms with van der Waals surface area (Å²) in [6, 6.07) is 22.5. The summed E-state index contributed by atoms with van der Waals surface area (Å²) in [7, 11) is 0. The molecule has 0 saturated carbocycles. The van der Waals surface area contributed by atoms with Crippen molar-refractivity contribution in [3.63, 3.8) is 0 Å². The Morgan fingerprint density at radius 2 is 1.50 bits per heavy atom. The number of nitrogens with zero attached hydrogens (tertiary/aromatic N) is 3. The highest BCUT2D eigenvalue weighted by molar-refractivity contribution is 5.69. The largest absolute Gasteiger partial charge is 0.507 e. The van der Waals surface area contributed by atoms with E-state index in [9.17, 15) is 9.50 Å². The van der Waals surface area contributed by atoms with Crippen molar-refractivity contribution in [2.24, 2.45) is 0 Å². The van der Waals surface area contributed by atoms with Crippen molar-refractivity contribution in [1.29, 1.82) is 0 Å². The molecule has 0 fully saturated rings. The van der Waals surface area contributed by atoms with Crippen molar-refractivity contribution in [2.75, 3.05) is 5.32 Å². The van der Waals surface area contributed by atoms with Gasteiger partial charge in [0.25, 0.3) is 0 Å². The molecule has 26 heavy (non-hydrogen) atoms. The Balaban J connectivity index is 1.85. The second-order valence-electron chi connectivity index (χ2n) is 5.67. The molecule has 5 nitrogen and oxygen atoms in total. The average Bonchev–Trinajstić information content (AvgIpc) is 3.08. The summed E-state index contributed by atoms with van der Waals surface area (Å²) in [4.78, 5) is 0. The van der Waals surface area contributed by atoms with Gasteiger partial charge in [-0.15, -0.1) is 10.2 Å². The van der Waals surface area contributed by atoms with Crippen molar-refractivity contribution in [3.05, 3.63) is 84.7 Å². The molecule has 0 bridgehead atoms. The summed E-state index contributed by atoms with van der Waals surface area (Å²) in [5, 5.41) is 21.8. The molecule has 2 N–H and O–H groups in total. The first kappa shape index (κ1) is 15.8. The molecule has 0 aliphatic rings. The van der Waals surface area contributed by atoms with Crippen molar-refractivity contribution in [3.8, 4) is 22.8 Å². The molecular formula is C20H15FN4O. The highest BCUT2D eigenvalue weighted by Gasteiger charge is 2.18. The Hall–Kier alpha value is -3.67. The molecule has 4 aromatic rings. The van der Waals surface area contributed by atoms with Gasteiger partial charge in [0.05, 0.1) is 11.3 Å². The topological polar surface area (TPSA) is 63.0 Å². The Labute approximate surface area is 149 Å². The Bertz CT molecular complexity index is 1030. The zero-order valence-corrected chi connectivity index (χ0v) is 13.7. The van der Waals surface area contributed by atoms with Crippen LogP contribution in [0.2, 0.25) is 0 Å². The van der Waals surface area contributed by atoms with Gasteiger partial charge in [0.1, 0.15) is 11.6 Å². The number of anilines is 2. The summed E-state index contributed by atoms with van der Waals surface area (Å²) in [5.74, 6) is 0.764. The Kier molecular flexibility index (Phi) is 4.07. The van der Waals surface area contributed by atoms with Gasteiger partial charge in [-0.25, -0.2) is 4.39 Å². The molecule has 1 aromatic heterocycles. The van der Waals surface area contributed by atoms with Crippen LogP contribution in [-0.2, 0) is 0 Å². The molecule has 0 radical (unpaired) electrons. The summed E-state index contributed by atoms with van der Waals surface area (Å²) in [6.07, 6.45) is 0. The number of benzene rings is 3. The molecule has 0 amide bonds. The number of hydrogen-bond acceptors (Lipinski definition) is 4. The number of para-hydroxylation sites is 2. The maximum atomic E-state index is 13.2. The Morgan fingerprint density at radius 3 is 2.23 bits per heavy atom. The number of nitrogens with one attached hydrogen (secondary N) is 1. The first-order chi connectivity index (χ1) is 12.7. The third kappa shape index (κ3) is 3.00. The third-order valence-electron chi connectivity index (χ3n) is 3.92. The van der Waals surface area contributed by atoms with Crippen molar-refractivity contribution < 1.29 is 9.50 Å². The second kappa shape index (κ2) is 6.68. The van der Waals surface area contributed by atoms with Gasteiger partial charge in [0.15, 0.2) is 5.82 Å². The fraction of sp³-hybridized carbons (Fsp3) is 0. The predicted octanol–water partition coefficient (Wildman–Crippen LogP) is 4.52. The quantitative estimate of drug-likeness (QED) is 0.570. The van der Waals surface area contributed by atoms with Crippen LogP contribution in [0.1, 0.15) is 0 Å². The number of halogens is 1. The monoisotopic (exact) mass is 346 g/mol. The number of phenols is 1. The minimum absolute atomic E-state index is 0.116. The number of rotatable bonds is 4. The lowest BCUT2D eigenvalue weighted by atomic mass is 10.2. The van der Waals surface area contributed by atoms with Crippen molar-refractivity contribution >= 4 is 11.6 Å². The van der Waals surface area contributed by atoms with Gasteiger partial charge in [0, 0.05) is 5.69 Å². The first-order valence-corrected chi connectivity index (χ1v) is 8.04. The van der Waals surface area contributed by atoms with Gasteiger partial charge in [-0.3, -0.25) is 4.57 Å². The van der Waals surface area contributed by atoms with E-state index in [2.05, 4.69) is 15.5 Å². The maximum Gasteiger partial charge on any atom is 0.234 e. The minimum Gasteiger partial charge on any atom is -0.507 e. The smallest absolute Gasteiger partial charge is 0.234 e. The van der Waals surface area contributed by atoms with E-state index in [0.717, 1.165) is 5.69 Å². The lowest BCUT2D eigenvalue weighted by molar-refractivity contribution is 0.476. The van der Waals surface area contributed by atoms with Gasteiger partial charge in [0.2, 0.25) is 5.95 Å². The molecule has 0 spiro atoms. The van der Waals surface area contributed by atoms with E-state index in [4.69, 9.17) is 0 Å². The van der Waals surface area contributed by atoms with E-state index in [1.54, 1.807) is 34.9 Å². The van der Waals surface area contributed by atoms with E-state index in [0.29, 0.717) is 23.0 Å². The van der Waals surface area contributed by atoms with Crippen LogP contribution in [-0.4, -0.2) is 19.9 Å². The fourth-order valence-electron chi connectivity index (χ4n) is 2.69. The Morgan fingerprint density at radius 1 is 0.808 bits per heavy atom. The average molecular weight is 346 g/mol. The zero-order chi connectivity index (χ0) is 17.9. The molecule has 6 heteroatoms. The summed E-state index contributed by atoms with van der Waals surface area (Å²) in [5.41, 5.74) is 2.08. The van der Waals surface area contributed by atoms with Gasteiger partial charge in [-0.2, -0.15) is 0 Å². The SMILES string of the molecule is Oc1ccccc1-c1nnc(Nc2ccc(F)cc2)n1-c1ccccc1. The molecular weight excluding hydrogens is 331 g/mol. The highest BCUT2D eigenvalue weighted by Crippen LogP contribution is 2.32. The molecule has 128 valence electrons. The van der Waals surface area contributed by atoms with E-state index >= 15 is 0 Å². The molecule has 0 unspecified atom stereocenters. The molecule has 3 aromatic carbocycles. The maximum absolute atomic E-state index is 13.2. The normalized spacial score (nSPS) is 10.7. The number of aromatic hydroxyl groups is 1. The van der Waals surface area contributed by atoms with E-state index < -0.39 is 0 Å². The van der Waals surface area contributed by atoms with Crippen LogP contribution in [0, 0.1) is 5.82 Å². The minimum atomic E-state index is -0.310. The third-order valence-corrected chi connectivity index (χ3v) is 3.92. The number of phenolic OH excluding ortho intramolecular Hbond substituents is 1. The zero-order valence-electron chi connectivity index (χ0n) is 13.7. The van der Waals surface area contributed by atoms with E-state index in [1.165, 1.54) is 12.1 Å². The second-order valence-corrected chi connectivity index (χ2v) is 5.67. The summed E-state index contributed by atoms with van der Waals surface area (Å²) < 4.78 is 15.0. The van der Waals surface area contributed by atoms with Crippen LogP contribution in [0.3, 0.4) is 0 Å². The molecule has 0 atom stereocenters. The van der Waals surface area contributed by atoms with Gasteiger partial charge >= 0.3 is 0 Å². The molecule has 0 aliphatic heterocycles. The lowest BCUT2D eigenvalue weighted by Crippen LogP contribution is -2.03. The van der Waals surface area contributed by atoms with Crippen molar-refractivity contribution in [1.82, 2.24) is 14.8 Å². The molecule has 0 aliphatic carbocycles. The summed E-state index contributed by atoms with van der Waals surface area (Å²) in [6.45, 7) is 0. The van der Waals surface area contributed by atoms with E-state index in [-0.39, 0.29) is 11.6 Å². The number of aromatic nitrogens is 3. The lowest BCUT2D eigenvalue weighted by Gasteiger charge is -2.12. The molecule has 0 saturated heterocycles. The van der Waals surface area contributed by atoms with Crippen LogP contribution in [0.15, 0.2) is 78.9 Å². The predicted molar refractivity (Wildman–Crippen MR) is 98.1 cm³/mol. The van der Waals surface area contributed by atoms with Crippen LogP contribution >= 0.6 is 0 Å². The number of hydrogen-bond donors (Lipinski definition) is 2. The molecule has 1 heterocycles. The van der Waals surface area contributed by atoms with Gasteiger partial charge in [-0.05, 0) is 48.5 Å². The van der Waals surface area contributed by atoms with Gasteiger partial charge in [-0.1, -0.05) is 30.3 Å². The van der Waals surface area contributed by atoms with Crippen LogP contribution in [0.25, 0.3) is 17.1 Å². The van der Waals surface area contributed by atoms with Gasteiger partial charge < -0.3 is 10.4 Å². The molecule has 4 rings (SSSR count). The summed E-state index contributed by atoms with van der Waals surface area (Å²) >= 11 is 0.